The number of rotatable bonds is 19. The number of unbranched alkanes of at least 4 members (excludes halogenated alkanes) is 10. The third-order valence-electron chi connectivity index (χ3n) is 6.74. The van der Waals surface area contributed by atoms with Crippen LogP contribution >= 0.6 is 7.92 Å². The number of hydrogen-bond acceptors (Lipinski definition) is 2. The monoisotopic (exact) mass is 518 g/mol. The Morgan fingerprint density at radius 1 is 0.432 bits per heavy atom. The van der Waals surface area contributed by atoms with Crippen LogP contribution in [-0.4, -0.2) is 13.2 Å². The van der Waals surface area contributed by atoms with Gasteiger partial charge in [-0.05, 0) is 60.9 Å². The highest BCUT2D eigenvalue weighted by Gasteiger charge is 2.16. The van der Waals surface area contributed by atoms with Crippen molar-refractivity contribution in [3.05, 3.63) is 78.9 Å². The predicted molar refractivity (Wildman–Crippen MR) is 163 cm³/mol. The molecule has 200 valence electrons. The van der Waals surface area contributed by atoms with Crippen LogP contribution < -0.4 is 25.4 Å². The minimum Gasteiger partial charge on any atom is -0.494 e. The summed E-state index contributed by atoms with van der Waals surface area (Å²) in [5.41, 5.74) is 0. The Morgan fingerprint density at radius 3 is 1.24 bits per heavy atom. The Labute approximate surface area is 227 Å². The zero-order valence-corrected chi connectivity index (χ0v) is 24.1. The molecular weight excluding hydrogens is 471 g/mol. The van der Waals surface area contributed by atoms with Crippen LogP contribution in [0.3, 0.4) is 0 Å². The van der Waals surface area contributed by atoms with E-state index in [0.717, 1.165) is 37.6 Å². The summed E-state index contributed by atoms with van der Waals surface area (Å²) < 4.78 is 12.1. The van der Waals surface area contributed by atoms with E-state index in [9.17, 15) is 0 Å². The maximum Gasteiger partial charge on any atom is 0.119 e. The minimum absolute atomic E-state index is 0.631. The molecule has 0 unspecified atom stereocenters. The topological polar surface area (TPSA) is 18.5 Å². The lowest BCUT2D eigenvalue weighted by atomic mass is 10.1. The molecule has 0 aliphatic heterocycles. The smallest absolute Gasteiger partial charge is 0.119 e. The van der Waals surface area contributed by atoms with E-state index in [2.05, 4.69) is 92.7 Å². The molecule has 0 saturated heterocycles. The van der Waals surface area contributed by atoms with Gasteiger partial charge in [0.1, 0.15) is 11.5 Å². The molecule has 3 heteroatoms. The predicted octanol–water partition coefficient (Wildman–Crippen LogP) is 8.92. The third kappa shape index (κ3) is 10.9. The molecule has 3 aromatic rings. The molecule has 0 radical (unpaired) electrons. The van der Waals surface area contributed by atoms with Crippen LogP contribution in [0.2, 0.25) is 0 Å². The molecule has 0 amide bonds. The van der Waals surface area contributed by atoms with Crippen LogP contribution in [0.15, 0.2) is 78.9 Å². The highest BCUT2D eigenvalue weighted by Crippen LogP contribution is 2.34. The van der Waals surface area contributed by atoms with E-state index in [4.69, 9.17) is 9.47 Å². The quantitative estimate of drug-likeness (QED) is 0.116. The SMILES string of the molecule is CCCCCCCCOc1ccc(P(c2ccccc2)c2ccc(OCCCCCCCC)cc2)cc1. The molecular formula is C34H47O2P. The molecule has 3 aromatic carbocycles. The van der Waals surface area contributed by atoms with Gasteiger partial charge in [0.2, 0.25) is 0 Å². The highest BCUT2D eigenvalue weighted by atomic mass is 31.1. The summed E-state index contributed by atoms with van der Waals surface area (Å²) in [5, 5.41) is 4.04. The molecule has 3 rings (SSSR count). The second-order valence-electron chi connectivity index (χ2n) is 9.89. The van der Waals surface area contributed by atoms with E-state index in [1.54, 1.807) is 0 Å². The van der Waals surface area contributed by atoms with Crippen molar-refractivity contribution in [3.8, 4) is 11.5 Å². The molecule has 37 heavy (non-hydrogen) atoms. The summed E-state index contributed by atoms with van der Waals surface area (Å²) in [7, 11) is -0.631. The van der Waals surface area contributed by atoms with Gasteiger partial charge in [0.25, 0.3) is 0 Å². The van der Waals surface area contributed by atoms with Crippen molar-refractivity contribution in [1.29, 1.82) is 0 Å². The lowest BCUT2D eigenvalue weighted by molar-refractivity contribution is 0.304. The standard InChI is InChI=1S/C34H47O2P/c1-3-5-7-9-11-16-28-35-30-20-24-33(25-21-30)37(32-18-14-13-15-19-32)34-26-22-31(23-27-34)36-29-17-12-10-8-6-4-2/h13-15,18-27H,3-12,16-17,28-29H2,1-2H3. The lowest BCUT2D eigenvalue weighted by Crippen LogP contribution is -2.20. The first kappa shape index (κ1) is 29.2. The van der Waals surface area contributed by atoms with Crippen molar-refractivity contribution in [2.75, 3.05) is 13.2 Å². The van der Waals surface area contributed by atoms with Gasteiger partial charge in [-0.15, -0.1) is 0 Å². The molecule has 0 aliphatic carbocycles. The maximum absolute atomic E-state index is 6.04. The fraction of sp³-hybridized carbons (Fsp3) is 0.471. The molecule has 0 aliphatic rings. The van der Waals surface area contributed by atoms with Crippen molar-refractivity contribution in [1.82, 2.24) is 0 Å². The molecule has 0 saturated carbocycles. The third-order valence-corrected chi connectivity index (χ3v) is 9.18. The average Bonchev–Trinajstić information content (AvgIpc) is 2.94. The van der Waals surface area contributed by atoms with Crippen molar-refractivity contribution >= 4 is 23.8 Å². The van der Waals surface area contributed by atoms with Gasteiger partial charge in [0.05, 0.1) is 13.2 Å². The summed E-state index contributed by atoms with van der Waals surface area (Å²) in [6.07, 6.45) is 15.4. The van der Waals surface area contributed by atoms with Gasteiger partial charge < -0.3 is 9.47 Å². The molecule has 0 heterocycles. The fourth-order valence-corrected chi connectivity index (χ4v) is 6.81. The first-order valence-corrected chi connectivity index (χ1v) is 16.0. The highest BCUT2D eigenvalue weighted by molar-refractivity contribution is 7.79. The van der Waals surface area contributed by atoms with E-state index in [0.29, 0.717) is 0 Å². The summed E-state index contributed by atoms with van der Waals surface area (Å²) >= 11 is 0. The zero-order chi connectivity index (χ0) is 26.0. The van der Waals surface area contributed by atoms with E-state index in [1.807, 2.05) is 0 Å². The van der Waals surface area contributed by atoms with E-state index >= 15 is 0 Å². The Kier molecular flexibility index (Phi) is 14.3. The van der Waals surface area contributed by atoms with Crippen LogP contribution in [0.25, 0.3) is 0 Å². The van der Waals surface area contributed by atoms with Crippen molar-refractivity contribution in [3.63, 3.8) is 0 Å². The Bertz CT molecular complexity index is 892. The Hall–Kier alpha value is -2.31. The van der Waals surface area contributed by atoms with Crippen LogP contribution in [-0.2, 0) is 0 Å². The van der Waals surface area contributed by atoms with Gasteiger partial charge >= 0.3 is 0 Å². The molecule has 0 aromatic heterocycles. The zero-order valence-electron chi connectivity index (χ0n) is 23.2. The second kappa shape index (κ2) is 18.0. The van der Waals surface area contributed by atoms with Gasteiger partial charge in [-0.2, -0.15) is 0 Å². The summed E-state index contributed by atoms with van der Waals surface area (Å²) in [6, 6.07) is 28.4. The van der Waals surface area contributed by atoms with Gasteiger partial charge in [-0.3, -0.25) is 0 Å². The van der Waals surface area contributed by atoms with Gasteiger partial charge in [0, 0.05) is 0 Å². The number of hydrogen-bond donors (Lipinski definition) is 0. The van der Waals surface area contributed by atoms with Crippen LogP contribution in [0, 0.1) is 0 Å². The normalized spacial score (nSPS) is 11.1. The van der Waals surface area contributed by atoms with Crippen LogP contribution in [0.4, 0.5) is 0 Å². The summed E-state index contributed by atoms with van der Waals surface area (Å²) in [6.45, 7) is 6.13. The van der Waals surface area contributed by atoms with Crippen molar-refractivity contribution in [2.24, 2.45) is 0 Å². The second-order valence-corrected chi connectivity index (χ2v) is 12.1. The summed E-state index contributed by atoms with van der Waals surface area (Å²) in [5.74, 6) is 1.94. The van der Waals surface area contributed by atoms with Crippen LogP contribution in [0.5, 0.6) is 11.5 Å². The molecule has 0 bridgehead atoms. The minimum atomic E-state index is -0.631. The largest absolute Gasteiger partial charge is 0.494 e. The van der Waals surface area contributed by atoms with E-state index in [-0.39, 0.29) is 0 Å². The van der Waals surface area contributed by atoms with Gasteiger partial charge in [-0.1, -0.05) is 133 Å². The van der Waals surface area contributed by atoms with Crippen molar-refractivity contribution < 1.29 is 9.47 Å². The Balaban J connectivity index is 1.57. The number of benzene rings is 3. The van der Waals surface area contributed by atoms with Crippen molar-refractivity contribution in [2.45, 2.75) is 90.9 Å². The van der Waals surface area contributed by atoms with Gasteiger partial charge in [-0.25, -0.2) is 0 Å². The first-order chi connectivity index (χ1) is 18.3. The molecule has 0 N–H and O–H groups in total. The number of ether oxygens (including phenoxy) is 2. The molecule has 0 spiro atoms. The van der Waals surface area contributed by atoms with Crippen LogP contribution in [0.1, 0.15) is 90.9 Å². The lowest BCUT2D eigenvalue weighted by Gasteiger charge is -2.20. The molecule has 0 atom stereocenters. The van der Waals surface area contributed by atoms with Gasteiger partial charge in [0.15, 0.2) is 0 Å². The maximum atomic E-state index is 6.04. The fourth-order valence-electron chi connectivity index (χ4n) is 4.55. The molecule has 2 nitrogen and oxygen atoms in total. The summed E-state index contributed by atoms with van der Waals surface area (Å²) in [4.78, 5) is 0. The molecule has 0 fully saturated rings. The van der Waals surface area contributed by atoms with E-state index in [1.165, 1.54) is 80.1 Å². The Morgan fingerprint density at radius 2 is 0.811 bits per heavy atom. The first-order valence-electron chi connectivity index (χ1n) is 14.6. The van der Waals surface area contributed by atoms with E-state index < -0.39 is 7.92 Å². The average molecular weight is 519 g/mol.